The molecule has 0 amide bonds. The summed E-state index contributed by atoms with van der Waals surface area (Å²) >= 11 is 1.75. The molecule has 0 bridgehead atoms. The van der Waals surface area contributed by atoms with Crippen LogP contribution in [0, 0.1) is 19.8 Å². The molecule has 0 spiro atoms. The molecule has 1 rings (SSSR count). The van der Waals surface area contributed by atoms with Crippen LogP contribution in [0.5, 0.6) is 0 Å². The van der Waals surface area contributed by atoms with Gasteiger partial charge in [-0.1, -0.05) is 13.8 Å². The summed E-state index contributed by atoms with van der Waals surface area (Å²) in [6, 6.07) is 0.525. The van der Waals surface area contributed by atoms with Crippen LogP contribution in [-0.2, 0) is 0 Å². The van der Waals surface area contributed by atoms with Crippen molar-refractivity contribution in [3.05, 3.63) is 10.6 Å². The molecule has 86 valence electrons. The van der Waals surface area contributed by atoms with E-state index in [9.17, 15) is 0 Å². The molecular formula is C12H22N2S. The Balaban J connectivity index is 2.40. The lowest BCUT2D eigenvalue weighted by molar-refractivity contribution is 0.527. The van der Waals surface area contributed by atoms with Gasteiger partial charge in [-0.3, -0.25) is 0 Å². The zero-order valence-corrected chi connectivity index (χ0v) is 11.2. The standard InChI is InChI=1S/C12H22N2S/c1-8(2)6-7-9(3)13-12-14-10(4)11(5)15-12/h8-9H,6-7H2,1-5H3,(H,13,14). The maximum absolute atomic E-state index is 4.48. The van der Waals surface area contributed by atoms with Crippen LogP contribution >= 0.6 is 11.3 Å². The minimum Gasteiger partial charge on any atom is -0.359 e. The minimum atomic E-state index is 0.525. The highest BCUT2D eigenvalue weighted by Crippen LogP contribution is 2.22. The second kappa shape index (κ2) is 5.50. The SMILES string of the molecule is Cc1nc(NC(C)CCC(C)C)sc1C. The van der Waals surface area contributed by atoms with Gasteiger partial charge in [0, 0.05) is 10.9 Å². The van der Waals surface area contributed by atoms with Crippen LogP contribution in [0.15, 0.2) is 0 Å². The summed E-state index contributed by atoms with van der Waals surface area (Å²) in [5.41, 5.74) is 1.15. The molecule has 0 aromatic carbocycles. The molecule has 1 unspecified atom stereocenters. The third-order valence-corrected chi connectivity index (χ3v) is 3.58. The van der Waals surface area contributed by atoms with Gasteiger partial charge < -0.3 is 5.32 Å². The van der Waals surface area contributed by atoms with Crippen LogP contribution in [0.4, 0.5) is 5.13 Å². The molecule has 0 aliphatic rings. The Morgan fingerprint density at radius 2 is 1.87 bits per heavy atom. The zero-order valence-electron chi connectivity index (χ0n) is 10.4. The summed E-state index contributed by atoms with van der Waals surface area (Å²) in [5.74, 6) is 0.786. The number of aryl methyl sites for hydroxylation is 2. The lowest BCUT2D eigenvalue weighted by Gasteiger charge is -2.13. The number of nitrogens with zero attached hydrogens (tertiary/aromatic N) is 1. The fourth-order valence-electron chi connectivity index (χ4n) is 1.40. The molecule has 0 saturated heterocycles. The molecule has 1 aromatic rings. The molecule has 1 heterocycles. The number of hydrogen-bond donors (Lipinski definition) is 1. The number of thiazole rings is 1. The normalized spacial score (nSPS) is 13.2. The Bertz CT molecular complexity index is 285. The average Bonchev–Trinajstić information content (AvgIpc) is 2.42. The lowest BCUT2D eigenvalue weighted by atomic mass is 10.0. The number of nitrogens with one attached hydrogen (secondary N) is 1. The molecular weight excluding hydrogens is 204 g/mol. The Morgan fingerprint density at radius 1 is 1.20 bits per heavy atom. The summed E-state index contributed by atoms with van der Waals surface area (Å²) in [7, 11) is 0. The second-order valence-corrected chi connectivity index (χ2v) is 5.88. The molecule has 0 saturated carbocycles. The van der Waals surface area contributed by atoms with Crippen molar-refractivity contribution < 1.29 is 0 Å². The Kier molecular flexibility index (Phi) is 4.58. The molecule has 0 aliphatic carbocycles. The van der Waals surface area contributed by atoms with Gasteiger partial charge in [0.25, 0.3) is 0 Å². The lowest BCUT2D eigenvalue weighted by Crippen LogP contribution is -2.15. The van der Waals surface area contributed by atoms with E-state index in [1.165, 1.54) is 17.7 Å². The highest BCUT2D eigenvalue weighted by Gasteiger charge is 2.07. The second-order valence-electron chi connectivity index (χ2n) is 4.68. The first-order chi connectivity index (χ1) is 6.99. The maximum Gasteiger partial charge on any atom is 0.183 e. The quantitative estimate of drug-likeness (QED) is 0.821. The van der Waals surface area contributed by atoms with E-state index in [-0.39, 0.29) is 0 Å². The third kappa shape index (κ3) is 4.20. The van der Waals surface area contributed by atoms with E-state index in [1.807, 2.05) is 0 Å². The monoisotopic (exact) mass is 226 g/mol. The van der Waals surface area contributed by atoms with E-state index < -0.39 is 0 Å². The van der Waals surface area contributed by atoms with E-state index in [4.69, 9.17) is 0 Å². The van der Waals surface area contributed by atoms with Crippen LogP contribution in [-0.4, -0.2) is 11.0 Å². The van der Waals surface area contributed by atoms with Crippen molar-refractivity contribution in [2.45, 2.75) is 53.5 Å². The predicted molar refractivity (Wildman–Crippen MR) is 68.7 cm³/mol. The number of hydrogen-bond acceptors (Lipinski definition) is 3. The smallest absolute Gasteiger partial charge is 0.183 e. The molecule has 1 N–H and O–H groups in total. The average molecular weight is 226 g/mol. The van der Waals surface area contributed by atoms with Crippen molar-refractivity contribution in [2.24, 2.45) is 5.92 Å². The van der Waals surface area contributed by atoms with Crippen LogP contribution in [0.2, 0.25) is 0 Å². The topological polar surface area (TPSA) is 24.9 Å². The van der Waals surface area contributed by atoms with Crippen molar-refractivity contribution in [1.29, 1.82) is 0 Å². The van der Waals surface area contributed by atoms with Crippen LogP contribution in [0.1, 0.15) is 44.2 Å². The molecule has 0 aliphatic heterocycles. The number of anilines is 1. The third-order valence-electron chi connectivity index (χ3n) is 2.58. The van der Waals surface area contributed by atoms with Gasteiger partial charge in [0.15, 0.2) is 5.13 Å². The first-order valence-corrected chi connectivity index (χ1v) is 6.51. The van der Waals surface area contributed by atoms with Crippen molar-refractivity contribution in [3.63, 3.8) is 0 Å². The fraction of sp³-hybridized carbons (Fsp3) is 0.750. The summed E-state index contributed by atoms with van der Waals surface area (Å²) in [5, 5.41) is 4.54. The largest absolute Gasteiger partial charge is 0.359 e. The van der Waals surface area contributed by atoms with Gasteiger partial charge in [-0.15, -0.1) is 11.3 Å². The van der Waals surface area contributed by atoms with Gasteiger partial charge >= 0.3 is 0 Å². The summed E-state index contributed by atoms with van der Waals surface area (Å²) in [6.45, 7) is 11.0. The van der Waals surface area contributed by atoms with Gasteiger partial charge in [0.1, 0.15) is 0 Å². The maximum atomic E-state index is 4.48. The van der Waals surface area contributed by atoms with E-state index >= 15 is 0 Å². The van der Waals surface area contributed by atoms with Crippen LogP contribution in [0.25, 0.3) is 0 Å². The number of rotatable bonds is 5. The van der Waals surface area contributed by atoms with Gasteiger partial charge in [0.2, 0.25) is 0 Å². The Hall–Kier alpha value is -0.570. The molecule has 2 nitrogen and oxygen atoms in total. The van der Waals surface area contributed by atoms with Crippen molar-refractivity contribution >= 4 is 16.5 Å². The van der Waals surface area contributed by atoms with Gasteiger partial charge in [-0.2, -0.15) is 0 Å². The van der Waals surface area contributed by atoms with Gasteiger partial charge in [-0.25, -0.2) is 4.98 Å². The first-order valence-electron chi connectivity index (χ1n) is 5.69. The predicted octanol–water partition coefficient (Wildman–Crippen LogP) is 4.00. The minimum absolute atomic E-state index is 0.525. The zero-order chi connectivity index (χ0) is 11.4. The summed E-state index contributed by atoms with van der Waals surface area (Å²) < 4.78 is 0. The summed E-state index contributed by atoms with van der Waals surface area (Å²) in [6.07, 6.45) is 2.49. The molecule has 3 heteroatoms. The first kappa shape index (κ1) is 12.5. The van der Waals surface area contributed by atoms with Crippen molar-refractivity contribution in [1.82, 2.24) is 4.98 Å². The van der Waals surface area contributed by atoms with Crippen molar-refractivity contribution in [3.8, 4) is 0 Å². The Labute approximate surface area is 97.1 Å². The van der Waals surface area contributed by atoms with E-state index in [0.29, 0.717) is 6.04 Å². The summed E-state index contributed by atoms with van der Waals surface area (Å²) in [4.78, 5) is 5.80. The molecule has 1 atom stereocenters. The van der Waals surface area contributed by atoms with Crippen LogP contribution < -0.4 is 5.32 Å². The molecule has 15 heavy (non-hydrogen) atoms. The van der Waals surface area contributed by atoms with Crippen LogP contribution in [0.3, 0.4) is 0 Å². The van der Waals surface area contributed by atoms with Gasteiger partial charge in [-0.05, 0) is 39.5 Å². The molecule has 1 aromatic heterocycles. The highest BCUT2D eigenvalue weighted by molar-refractivity contribution is 7.15. The van der Waals surface area contributed by atoms with E-state index in [1.54, 1.807) is 11.3 Å². The fourth-order valence-corrected chi connectivity index (χ4v) is 2.33. The van der Waals surface area contributed by atoms with E-state index in [0.717, 1.165) is 16.7 Å². The van der Waals surface area contributed by atoms with Gasteiger partial charge in [0.05, 0.1) is 5.69 Å². The van der Waals surface area contributed by atoms with Crippen molar-refractivity contribution in [2.75, 3.05) is 5.32 Å². The molecule has 0 radical (unpaired) electrons. The highest BCUT2D eigenvalue weighted by atomic mass is 32.1. The molecule has 0 fully saturated rings. The Morgan fingerprint density at radius 3 is 2.33 bits per heavy atom. The van der Waals surface area contributed by atoms with E-state index in [2.05, 4.69) is 44.9 Å². The number of aromatic nitrogens is 1.